The largest absolute Gasteiger partial charge is 0.481 e. The van der Waals surface area contributed by atoms with Crippen molar-refractivity contribution < 1.29 is 19.7 Å². The molecule has 0 bridgehead atoms. The highest BCUT2D eigenvalue weighted by Gasteiger charge is 2.29. The standard InChI is InChI=1S/C29H42ClNO4/c1-4-7-27(26-12-11-24(30)16-23(26)10-13-28(33)34)35-19-25(32)18-31-29(2,3)17-20-14-21-8-5-6-9-22(21)15-20/h5-6,8-9,12,16,20,24-25,27,31-32H,4,7,10-11,13-15,17-19H2,1-3H3,(H,33,34)/t24?,25-,27-/m1/s1. The van der Waals surface area contributed by atoms with E-state index in [0.717, 1.165) is 43.3 Å². The average Bonchev–Trinajstić information content (AvgIpc) is 3.21. The summed E-state index contributed by atoms with van der Waals surface area (Å²) in [5, 5.41) is 23.3. The molecule has 0 aromatic heterocycles. The number of aliphatic hydroxyl groups is 1. The number of carboxylic acids is 1. The van der Waals surface area contributed by atoms with Gasteiger partial charge in [0, 0.05) is 18.5 Å². The number of nitrogens with one attached hydrogen (secondary N) is 1. The molecule has 35 heavy (non-hydrogen) atoms. The van der Waals surface area contributed by atoms with Crippen LogP contribution in [0.2, 0.25) is 0 Å². The third-order valence-corrected chi connectivity index (χ3v) is 7.37. The zero-order chi connectivity index (χ0) is 25.4. The molecular weight excluding hydrogens is 462 g/mol. The number of β-amino-alcohol motifs (C(OH)–C–C–N with tert-alkyl or cyclic N) is 1. The summed E-state index contributed by atoms with van der Waals surface area (Å²) in [6, 6.07) is 8.71. The number of benzene rings is 1. The monoisotopic (exact) mass is 503 g/mol. The first-order valence-corrected chi connectivity index (χ1v) is 13.5. The van der Waals surface area contributed by atoms with Gasteiger partial charge in [0.25, 0.3) is 0 Å². The van der Waals surface area contributed by atoms with Crippen molar-refractivity contribution in [3.63, 3.8) is 0 Å². The Kier molecular flexibility index (Phi) is 10.4. The second-order valence-electron chi connectivity index (χ2n) is 10.8. The molecule has 0 radical (unpaired) electrons. The Morgan fingerprint density at radius 1 is 1.26 bits per heavy atom. The fraction of sp³-hybridized carbons (Fsp3) is 0.621. The fourth-order valence-corrected chi connectivity index (χ4v) is 5.66. The van der Waals surface area contributed by atoms with Gasteiger partial charge in [-0.05, 0) is 80.6 Å². The van der Waals surface area contributed by atoms with Crippen LogP contribution in [0.5, 0.6) is 0 Å². The molecule has 0 fully saturated rings. The highest BCUT2D eigenvalue weighted by atomic mass is 35.5. The number of hydrogen-bond donors (Lipinski definition) is 3. The van der Waals surface area contributed by atoms with Gasteiger partial charge >= 0.3 is 5.97 Å². The number of halogens is 1. The van der Waals surface area contributed by atoms with Gasteiger partial charge in [-0.2, -0.15) is 0 Å². The van der Waals surface area contributed by atoms with Gasteiger partial charge in [0.05, 0.1) is 24.2 Å². The van der Waals surface area contributed by atoms with Crippen LogP contribution in [0.4, 0.5) is 0 Å². The molecule has 1 aromatic rings. The number of allylic oxidation sites excluding steroid dienone is 2. The van der Waals surface area contributed by atoms with Crippen molar-refractivity contribution >= 4 is 17.6 Å². The first kappa shape index (κ1) is 27.9. The second kappa shape index (κ2) is 13.0. The van der Waals surface area contributed by atoms with Crippen molar-refractivity contribution in [2.24, 2.45) is 5.92 Å². The molecule has 0 saturated carbocycles. The van der Waals surface area contributed by atoms with Gasteiger partial charge in [-0.15, -0.1) is 11.6 Å². The first-order valence-electron chi connectivity index (χ1n) is 13.0. The zero-order valence-corrected chi connectivity index (χ0v) is 22.2. The molecule has 3 atom stereocenters. The molecule has 1 aromatic carbocycles. The van der Waals surface area contributed by atoms with Crippen molar-refractivity contribution in [3.05, 3.63) is 58.7 Å². The van der Waals surface area contributed by atoms with Crippen molar-refractivity contribution in [1.29, 1.82) is 0 Å². The maximum atomic E-state index is 11.1. The van der Waals surface area contributed by atoms with Crippen molar-refractivity contribution in [3.8, 4) is 0 Å². The van der Waals surface area contributed by atoms with Crippen LogP contribution in [-0.4, -0.2) is 52.5 Å². The van der Waals surface area contributed by atoms with Crippen LogP contribution in [0, 0.1) is 5.92 Å². The van der Waals surface area contributed by atoms with Gasteiger partial charge < -0.3 is 20.3 Å². The normalized spacial score (nSPS) is 20.2. The lowest BCUT2D eigenvalue weighted by atomic mass is 9.88. The molecule has 0 heterocycles. The number of hydrogen-bond acceptors (Lipinski definition) is 4. The molecule has 2 aliphatic carbocycles. The topological polar surface area (TPSA) is 78.8 Å². The molecule has 3 rings (SSSR count). The summed E-state index contributed by atoms with van der Waals surface area (Å²) in [7, 11) is 0. The van der Waals surface area contributed by atoms with Crippen LogP contribution in [0.1, 0.15) is 70.4 Å². The first-order chi connectivity index (χ1) is 16.7. The number of alkyl halides is 1. The van der Waals surface area contributed by atoms with Crippen molar-refractivity contribution in [2.45, 2.75) is 95.3 Å². The lowest BCUT2D eigenvalue weighted by molar-refractivity contribution is -0.136. The number of carbonyl (C=O) groups is 1. The van der Waals surface area contributed by atoms with Crippen LogP contribution in [0.3, 0.4) is 0 Å². The molecular formula is C29H42ClNO4. The summed E-state index contributed by atoms with van der Waals surface area (Å²) in [4.78, 5) is 11.1. The predicted octanol–water partition coefficient (Wildman–Crippen LogP) is 5.43. The van der Waals surface area contributed by atoms with E-state index in [1.54, 1.807) is 0 Å². The maximum absolute atomic E-state index is 11.1. The summed E-state index contributed by atoms with van der Waals surface area (Å²) in [5.74, 6) is -0.197. The van der Waals surface area contributed by atoms with Gasteiger partial charge in [0.2, 0.25) is 0 Å². The number of aliphatic hydroxyl groups excluding tert-OH is 1. The zero-order valence-electron chi connectivity index (χ0n) is 21.4. The van der Waals surface area contributed by atoms with E-state index in [2.05, 4.69) is 56.4 Å². The van der Waals surface area contributed by atoms with Crippen LogP contribution in [0.25, 0.3) is 0 Å². The summed E-state index contributed by atoms with van der Waals surface area (Å²) >= 11 is 6.31. The van der Waals surface area contributed by atoms with Gasteiger partial charge in [0.1, 0.15) is 0 Å². The molecule has 0 spiro atoms. The number of carboxylic acid groups (broad SMARTS) is 1. The van der Waals surface area contributed by atoms with Crippen molar-refractivity contribution in [2.75, 3.05) is 13.2 Å². The SMILES string of the molecule is CCC[C@@H](OC[C@H](O)CNC(C)(C)CC1Cc2ccccc2C1)C1=CCC(Cl)C=C1CCC(=O)O. The second-order valence-corrected chi connectivity index (χ2v) is 11.3. The minimum absolute atomic E-state index is 0.0688. The van der Waals surface area contributed by atoms with E-state index < -0.39 is 12.1 Å². The summed E-state index contributed by atoms with van der Waals surface area (Å²) in [5.41, 5.74) is 4.86. The average molecular weight is 504 g/mol. The Labute approximate surface area is 215 Å². The third-order valence-electron chi connectivity index (χ3n) is 7.06. The highest BCUT2D eigenvalue weighted by molar-refractivity contribution is 6.22. The minimum atomic E-state index is -0.819. The van der Waals surface area contributed by atoms with E-state index in [9.17, 15) is 9.90 Å². The Morgan fingerprint density at radius 3 is 2.57 bits per heavy atom. The molecule has 194 valence electrons. The van der Waals surface area contributed by atoms with Crippen LogP contribution < -0.4 is 5.32 Å². The van der Waals surface area contributed by atoms with Gasteiger partial charge in [0.15, 0.2) is 0 Å². The van der Waals surface area contributed by atoms with Gasteiger partial charge in [-0.3, -0.25) is 4.79 Å². The third kappa shape index (κ3) is 8.75. The lowest BCUT2D eigenvalue weighted by Crippen LogP contribution is -2.46. The van der Waals surface area contributed by atoms with E-state index in [-0.39, 0.29) is 30.0 Å². The van der Waals surface area contributed by atoms with E-state index in [1.165, 1.54) is 11.1 Å². The molecule has 0 amide bonds. The Balaban J connectivity index is 1.48. The number of aliphatic carboxylic acids is 1. The molecule has 2 aliphatic rings. The van der Waals surface area contributed by atoms with E-state index in [1.807, 2.05) is 6.08 Å². The molecule has 0 saturated heterocycles. The highest BCUT2D eigenvalue weighted by Crippen LogP contribution is 2.33. The smallest absolute Gasteiger partial charge is 0.303 e. The van der Waals surface area contributed by atoms with Gasteiger partial charge in [-0.1, -0.05) is 49.8 Å². The summed E-state index contributed by atoms with van der Waals surface area (Å²) in [6.07, 6.45) is 9.55. The Bertz CT molecular complexity index is 885. The summed E-state index contributed by atoms with van der Waals surface area (Å²) in [6.45, 7) is 7.22. The molecule has 3 N–H and O–H groups in total. The number of rotatable bonds is 14. The molecule has 1 unspecified atom stereocenters. The quantitative estimate of drug-likeness (QED) is 0.295. The minimum Gasteiger partial charge on any atom is -0.481 e. The number of ether oxygens (including phenoxy) is 1. The van der Waals surface area contributed by atoms with Crippen LogP contribution >= 0.6 is 11.6 Å². The molecule has 6 heteroatoms. The van der Waals surface area contributed by atoms with E-state index in [0.29, 0.717) is 25.3 Å². The maximum Gasteiger partial charge on any atom is 0.303 e. The number of fused-ring (bicyclic) bond motifs is 1. The predicted molar refractivity (Wildman–Crippen MR) is 142 cm³/mol. The van der Waals surface area contributed by atoms with Gasteiger partial charge in [-0.25, -0.2) is 0 Å². The van der Waals surface area contributed by atoms with Crippen LogP contribution in [0.15, 0.2) is 47.6 Å². The van der Waals surface area contributed by atoms with E-state index >= 15 is 0 Å². The molecule has 0 aliphatic heterocycles. The summed E-state index contributed by atoms with van der Waals surface area (Å²) < 4.78 is 6.21. The molecule has 5 nitrogen and oxygen atoms in total. The van der Waals surface area contributed by atoms with E-state index in [4.69, 9.17) is 21.4 Å². The van der Waals surface area contributed by atoms with Crippen LogP contribution in [-0.2, 0) is 22.4 Å². The Morgan fingerprint density at radius 2 is 1.94 bits per heavy atom. The fourth-order valence-electron chi connectivity index (χ4n) is 5.42. The van der Waals surface area contributed by atoms with Crippen molar-refractivity contribution in [1.82, 2.24) is 5.32 Å². The Hall–Kier alpha value is -1.66. The lowest BCUT2D eigenvalue weighted by Gasteiger charge is -2.31.